The summed E-state index contributed by atoms with van der Waals surface area (Å²) >= 11 is 0. The summed E-state index contributed by atoms with van der Waals surface area (Å²) in [4.78, 5) is 16.0. The number of carbonyl (C=O) groups is 1. The first-order valence-electron chi connectivity index (χ1n) is 9.60. The second-order valence-corrected chi connectivity index (χ2v) is 7.26. The van der Waals surface area contributed by atoms with Gasteiger partial charge in [-0.15, -0.1) is 24.0 Å². The lowest BCUT2D eigenvalue weighted by Gasteiger charge is -2.22. The monoisotopic (exact) mass is 486 g/mol. The first-order chi connectivity index (χ1) is 12.7. The molecule has 1 atom stereocenters. The molecule has 0 bridgehead atoms. The van der Waals surface area contributed by atoms with Crippen molar-refractivity contribution in [3.8, 4) is 0 Å². The number of ether oxygens (including phenoxy) is 1. The van der Waals surface area contributed by atoms with Gasteiger partial charge < -0.3 is 20.7 Å². The highest BCUT2D eigenvalue weighted by Crippen LogP contribution is 2.47. The highest BCUT2D eigenvalue weighted by atomic mass is 127. The number of benzene rings is 1. The van der Waals surface area contributed by atoms with E-state index in [1.165, 1.54) is 18.4 Å². The third-order valence-corrected chi connectivity index (χ3v) is 5.32. The summed E-state index contributed by atoms with van der Waals surface area (Å²) in [5, 5.41) is 9.78. The molecule has 1 aromatic rings. The lowest BCUT2D eigenvalue weighted by molar-refractivity contribution is 0.146. The minimum absolute atomic E-state index is 0. The lowest BCUT2D eigenvalue weighted by atomic mass is 9.96. The van der Waals surface area contributed by atoms with Crippen LogP contribution in [0.25, 0.3) is 0 Å². The van der Waals surface area contributed by atoms with Crippen LogP contribution in [0.2, 0.25) is 0 Å². The number of alkyl carbamates (subject to hydrolysis) is 1. The first kappa shape index (κ1) is 21.8. The summed E-state index contributed by atoms with van der Waals surface area (Å²) in [5.41, 5.74) is 1.63. The third kappa shape index (κ3) is 6.26. The molecule has 0 heterocycles. The van der Waals surface area contributed by atoms with E-state index in [2.05, 4.69) is 51.3 Å². The van der Waals surface area contributed by atoms with E-state index in [-0.39, 0.29) is 41.5 Å². The van der Waals surface area contributed by atoms with Gasteiger partial charge in [0, 0.05) is 25.6 Å². The molecule has 0 saturated heterocycles. The van der Waals surface area contributed by atoms with Crippen LogP contribution >= 0.6 is 24.0 Å². The maximum absolute atomic E-state index is 11.7. The molecular weight excluding hydrogens is 455 g/mol. The van der Waals surface area contributed by atoms with Crippen molar-refractivity contribution in [2.24, 2.45) is 10.9 Å². The molecule has 3 N–H and O–H groups in total. The highest BCUT2D eigenvalue weighted by molar-refractivity contribution is 14.0. The quantitative estimate of drug-likeness (QED) is 0.300. The van der Waals surface area contributed by atoms with Crippen molar-refractivity contribution in [1.82, 2.24) is 16.0 Å². The van der Waals surface area contributed by atoms with Crippen LogP contribution in [-0.2, 0) is 10.2 Å². The van der Waals surface area contributed by atoms with E-state index in [9.17, 15) is 4.79 Å². The lowest BCUT2D eigenvalue weighted by Crippen LogP contribution is -2.49. The number of hydrogen-bond donors (Lipinski definition) is 3. The Kier molecular flexibility index (Phi) is 8.19. The fourth-order valence-corrected chi connectivity index (χ4v) is 3.35. The summed E-state index contributed by atoms with van der Waals surface area (Å²) in [7, 11) is 1.78. The number of nitrogens with zero attached hydrogens (tertiary/aromatic N) is 1. The molecule has 1 amide bonds. The average Bonchev–Trinajstić information content (AvgIpc) is 3.56. The Morgan fingerprint density at radius 3 is 2.52 bits per heavy atom. The van der Waals surface area contributed by atoms with Gasteiger partial charge in [0.1, 0.15) is 0 Å². The smallest absolute Gasteiger partial charge is 0.407 e. The van der Waals surface area contributed by atoms with Gasteiger partial charge >= 0.3 is 6.09 Å². The Labute approximate surface area is 178 Å². The second kappa shape index (κ2) is 10.1. The van der Waals surface area contributed by atoms with Crippen LogP contribution < -0.4 is 16.0 Å². The molecule has 2 saturated carbocycles. The molecular formula is C20H31IN4O2. The molecule has 3 rings (SSSR count). The van der Waals surface area contributed by atoms with Crippen LogP contribution in [0.3, 0.4) is 0 Å². The third-order valence-electron chi connectivity index (χ3n) is 5.32. The van der Waals surface area contributed by atoms with Crippen molar-refractivity contribution in [2.45, 2.75) is 44.1 Å². The number of guanidine groups is 1. The van der Waals surface area contributed by atoms with Crippen molar-refractivity contribution in [1.29, 1.82) is 0 Å². The van der Waals surface area contributed by atoms with Gasteiger partial charge in [-0.2, -0.15) is 0 Å². The largest absolute Gasteiger partial charge is 0.450 e. The minimum Gasteiger partial charge on any atom is -0.450 e. The van der Waals surface area contributed by atoms with Crippen LogP contribution in [0.1, 0.15) is 38.2 Å². The predicted octanol–water partition coefficient (Wildman–Crippen LogP) is 3.03. The summed E-state index contributed by atoms with van der Waals surface area (Å²) in [6, 6.07) is 10.8. The van der Waals surface area contributed by atoms with Crippen molar-refractivity contribution in [3.63, 3.8) is 0 Å². The Bertz CT molecular complexity index is 630. The zero-order valence-corrected chi connectivity index (χ0v) is 18.5. The van der Waals surface area contributed by atoms with Gasteiger partial charge in [-0.25, -0.2) is 4.79 Å². The zero-order chi connectivity index (χ0) is 18.4. The van der Waals surface area contributed by atoms with Gasteiger partial charge in [-0.3, -0.25) is 4.99 Å². The topological polar surface area (TPSA) is 74.8 Å². The molecule has 1 unspecified atom stereocenters. The molecule has 0 aromatic heterocycles. The van der Waals surface area contributed by atoms with E-state index in [0.29, 0.717) is 19.1 Å². The maximum atomic E-state index is 11.7. The minimum atomic E-state index is -0.338. The fourth-order valence-electron chi connectivity index (χ4n) is 3.35. The van der Waals surface area contributed by atoms with E-state index in [1.54, 1.807) is 7.05 Å². The molecule has 0 aliphatic heterocycles. The zero-order valence-electron chi connectivity index (χ0n) is 16.2. The summed E-state index contributed by atoms with van der Waals surface area (Å²) < 4.78 is 5.01. The van der Waals surface area contributed by atoms with E-state index in [1.807, 2.05) is 6.92 Å². The van der Waals surface area contributed by atoms with Crippen LogP contribution in [0, 0.1) is 5.92 Å². The SMILES string of the molecule is CCOC(=O)NC(CNC(=NC)NCC1(c2ccccc2)CC1)C1CC1.I. The Morgan fingerprint density at radius 1 is 1.26 bits per heavy atom. The number of amides is 1. The molecule has 2 aliphatic carbocycles. The number of nitrogens with one attached hydrogen (secondary N) is 3. The molecule has 150 valence electrons. The van der Waals surface area contributed by atoms with Crippen molar-refractivity contribution >= 4 is 36.0 Å². The van der Waals surface area contributed by atoms with Crippen molar-refractivity contribution in [2.75, 3.05) is 26.7 Å². The maximum Gasteiger partial charge on any atom is 0.407 e. The molecule has 2 aliphatic rings. The van der Waals surface area contributed by atoms with Gasteiger partial charge in [0.2, 0.25) is 0 Å². The number of aliphatic imine (C=N–C) groups is 1. The molecule has 0 radical (unpaired) electrons. The van der Waals surface area contributed by atoms with Crippen LogP contribution in [0.5, 0.6) is 0 Å². The van der Waals surface area contributed by atoms with Crippen molar-refractivity contribution < 1.29 is 9.53 Å². The number of halogens is 1. The van der Waals surface area contributed by atoms with Crippen LogP contribution in [0.15, 0.2) is 35.3 Å². The molecule has 6 nitrogen and oxygen atoms in total. The summed E-state index contributed by atoms with van der Waals surface area (Å²) in [5.74, 6) is 1.31. The van der Waals surface area contributed by atoms with E-state index in [4.69, 9.17) is 4.74 Å². The number of rotatable bonds is 8. The van der Waals surface area contributed by atoms with Gasteiger partial charge in [0.15, 0.2) is 5.96 Å². The Balaban J connectivity index is 0.00000261. The van der Waals surface area contributed by atoms with E-state index < -0.39 is 0 Å². The molecule has 2 fully saturated rings. The Morgan fingerprint density at radius 2 is 1.96 bits per heavy atom. The molecule has 1 aromatic carbocycles. The van der Waals surface area contributed by atoms with E-state index >= 15 is 0 Å². The second-order valence-electron chi connectivity index (χ2n) is 7.26. The standard InChI is InChI=1S/C20H30N4O2.HI/c1-3-26-19(25)24-17(15-9-10-15)13-22-18(21-2)23-14-20(11-12-20)16-7-5-4-6-8-16;/h4-8,15,17H,3,9-14H2,1-2H3,(H,24,25)(H2,21,22,23);1H. The van der Waals surface area contributed by atoms with Gasteiger partial charge in [0.25, 0.3) is 0 Å². The number of hydrogen-bond acceptors (Lipinski definition) is 3. The van der Waals surface area contributed by atoms with Crippen molar-refractivity contribution in [3.05, 3.63) is 35.9 Å². The molecule has 27 heavy (non-hydrogen) atoms. The summed E-state index contributed by atoms with van der Waals surface area (Å²) in [6.07, 6.45) is 4.38. The first-order valence-corrected chi connectivity index (χ1v) is 9.60. The van der Waals surface area contributed by atoms with Gasteiger partial charge in [0.05, 0.1) is 12.6 Å². The van der Waals surface area contributed by atoms with Crippen LogP contribution in [0.4, 0.5) is 4.79 Å². The van der Waals surface area contributed by atoms with E-state index in [0.717, 1.165) is 25.3 Å². The molecule has 7 heteroatoms. The normalized spacial score (nSPS) is 18.7. The van der Waals surface area contributed by atoms with Gasteiger partial charge in [-0.05, 0) is 44.1 Å². The summed E-state index contributed by atoms with van der Waals surface area (Å²) in [6.45, 7) is 3.73. The predicted molar refractivity (Wildman–Crippen MR) is 119 cm³/mol. The van der Waals surface area contributed by atoms with Crippen LogP contribution in [-0.4, -0.2) is 44.8 Å². The Hall–Kier alpha value is -1.51. The molecule has 0 spiro atoms. The average molecular weight is 486 g/mol. The highest BCUT2D eigenvalue weighted by Gasteiger charge is 2.44. The number of carbonyl (C=O) groups excluding carboxylic acids is 1. The fraction of sp³-hybridized carbons (Fsp3) is 0.600. The van der Waals surface area contributed by atoms with Gasteiger partial charge in [-0.1, -0.05) is 30.3 Å².